The van der Waals surface area contributed by atoms with E-state index >= 15 is 0 Å². The summed E-state index contributed by atoms with van der Waals surface area (Å²) in [6, 6.07) is 4.27. The SMILES string of the molecule is Cn1cc(O[C@@H]2CN(CC(C#N)CCC#N)C[C@H]2O)cn1. The van der Waals surface area contributed by atoms with E-state index in [1.807, 2.05) is 4.90 Å². The van der Waals surface area contributed by atoms with Crippen LogP contribution in [0.3, 0.4) is 0 Å². The fourth-order valence-corrected chi connectivity index (χ4v) is 2.48. The lowest BCUT2D eigenvalue weighted by Crippen LogP contribution is -2.30. The third kappa shape index (κ3) is 4.19. The number of nitriles is 2. The van der Waals surface area contributed by atoms with Crippen molar-refractivity contribution in [2.75, 3.05) is 19.6 Å². The second kappa shape index (κ2) is 7.07. The van der Waals surface area contributed by atoms with Gasteiger partial charge >= 0.3 is 0 Å². The Morgan fingerprint density at radius 3 is 2.95 bits per heavy atom. The monoisotopic (exact) mass is 289 g/mol. The maximum Gasteiger partial charge on any atom is 0.157 e. The average Bonchev–Trinajstić information content (AvgIpc) is 3.01. The molecule has 7 heteroatoms. The van der Waals surface area contributed by atoms with Gasteiger partial charge in [0.25, 0.3) is 0 Å². The highest BCUT2D eigenvalue weighted by Gasteiger charge is 2.34. The third-order valence-electron chi connectivity index (χ3n) is 3.55. The summed E-state index contributed by atoms with van der Waals surface area (Å²) in [5.41, 5.74) is 0. The molecule has 0 saturated carbocycles. The summed E-state index contributed by atoms with van der Waals surface area (Å²) < 4.78 is 7.37. The van der Waals surface area contributed by atoms with Gasteiger partial charge in [-0.3, -0.25) is 9.58 Å². The van der Waals surface area contributed by atoms with Crippen molar-refractivity contribution in [2.45, 2.75) is 25.0 Å². The quantitative estimate of drug-likeness (QED) is 0.808. The van der Waals surface area contributed by atoms with Crippen molar-refractivity contribution in [1.82, 2.24) is 14.7 Å². The molecule has 3 atom stereocenters. The molecule has 0 bridgehead atoms. The number of β-amino-alcohol motifs (C(OH)–C–C–N with tert-alkyl or cyclic N) is 1. The van der Waals surface area contributed by atoms with Crippen LogP contribution < -0.4 is 4.74 Å². The van der Waals surface area contributed by atoms with Crippen LogP contribution in [-0.4, -0.2) is 51.6 Å². The Bertz CT molecular complexity index is 544. The molecular formula is C14H19N5O2. The summed E-state index contributed by atoms with van der Waals surface area (Å²) in [5, 5.41) is 31.8. The number of ether oxygens (including phenoxy) is 1. The van der Waals surface area contributed by atoms with Crippen LogP contribution in [-0.2, 0) is 7.05 Å². The van der Waals surface area contributed by atoms with Crippen LogP contribution in [0.25, 0.3) is 0 Å². The van der Waals surface area contributed by atoms with Crippen molar-refractivity contribution in [3.63, 3.8) is 0 Å². The minimum Gasteiger partial charge on any atom is -0.483 e. The average molecular weight is 289 g/mol. The molecule has 1 fully saturated rings. The maximum atomic E-state index is 10.1. The Labute approximate surface area is 123 Å². The van der Waals surface area contributed by atoms with Crippen molar-refractivity contribution in [1.29, 1.82) is 10.5 Å². The molecule has 0 amide bonds. The van der Waals surface area contributed by atoms with E-state index in [0.29, 0.717) is 38.2 Å². The van der Waals surface area contributed by atoms with Gasteiger partial charge in [-0.1, -0.05) is 0 Å². The molecule has 21 heavy (non-hydrogen) atoms. The Morgan fingerprint density at radius 2 is 2.33 bits per heavy atom. The van der Waals surface area contributed by atoms with Crippen LogP contribution in [0.2, 0.25) is 0 Å². The lowest BCUT2D eigenvalue weighted by Gasteiger charge is -2.18. The fraction of sp³-hybridized carbons (Fsp3) is 0.643. The second-order valence-corrected chi connectivity index (χ2v) is 5.31. The van der Waals surface area contributed by atoms with Crippen molar-refractivity contribution in [3.8, 4) is 17.9 Å². The van der Waals surface area contributed by atoms with Gasteiger partial charge in [0, 0.05) is 33.1 Å². The van der Waals surface area contributed by atoms with Gasteiger partial charge < -0.3 is 9.84 Å². The summed E-state index contributed by atoms with van der Waals surface area (Å²) in [7, 11) is 1.80. The summed E-state index contributed by atoms with van der Waals surface area (Å²) in [6.45, 7) is 1.61. The highest BCUT2D eigenvalue weighted by Crippen LogP contribution is 2.20. The number of likely N-dealkylation sites (tertiary alicyclic amines) is 1. The number of aryl methyl sites for hydroxylation is 1. The molecule has 0 aliphatic carbocycles. The second-order valence-electron chi connectivity index (χ2n) is 5.31. The summed E-state index contributed by atoms with van der Waals surface area (Å²) >= 11 is 0. The predicted molar refractivity (Wildman–Crippen MR) is 74.0 cm³/mol. The van der Waals surface area contributed by atoms with Gasteiger partial charge in [-0.15, -0.1) is 0 Å². The molecule has 0 spiro atoms. The number of hydrogen-bond donors (Lipinski definition) is 1. The van der Waals surface area contributed by atoms with Gasteiger partial charge in [0.05, 0.1) is 30.5 Å². The fourth-order valence-electron chi connectivity index (χ4n) is 2.48. The van der Waals surface area contributed by atoms with E-state index in [0.717, 1.165) is 0 Å². The van der Waals surface area contributed by atoms with Crippen molar-refractivity contribution >= 4 is 0 Å². The molecule has 2 heterocycles. The molecule has 1 aromatic heterocycles. The van der Waals surface area contributed by atoms with E-state index < -0.39 is 6.10 Å². The van der Waals surface area contributed by atoms with Crippen LogP contribution >= 0.6 is 0 Å². The Morgan fingerprint density at radius 1 is 1.52 bits per heavy atom. The Hall–Kier alpha value is -2.09. The van der Waals surface area contributed by atoms with Gasteiger partial charge in [0.15, 0.2) is 5.75 Å². The zero-order valence-corrected chi connectivity index (χ0v) is 12.0. The summed E-state index contributed by atoms with van der Waals surface area (Å²) in [6.07, 6.45) is 3.41. The van der Waals surface area contributed by atoms with E-state index in [4.69, 9.17) is 15.3 Å². The van der Waals surface area contributed by atoms with E-state index in [2.05, 4.69) is 17.2 Å². The molecule has 1 aliphatic rings. The molecule has 1 saturated heterocycles. The lowest BCUT2D eigenvalue weighted by molar-refractivity contribution is 0.0736. The molecular weight excluding hydrogens is 270 g/mol. The van der Waals surface area contributed by atoms with Crippen molar-refractivity contribution in [3.05, 3.63) is 12.4 Å². The first-order valence-corrected chi connectivity index (χ1v) is 6.94. The molecule has 1 N–H and O–H groups in total. The van der Waals surface area contributed by atoms with Gasteiger partial charge in [-0.05, 0) is 6.42 Å². The largest absolute Gasteiger partial charge is 0.483 e. The minimum absolute atomic E-state index is 0.186. The van der Waals surface area contributed by atoms with Crippen LogP contribution in [0.1, 0.15) is 12.8 Å². The van der Waals surface area contributed by atoms with E-state index in [9.17, 15) is 5.11 Å². The normalized spacial score (nSPS) is 23.4. The molecule has 2 rings (SSSR count). The van der Waals surface area contributed by atoms with Crippen molar-refractivity contribution in [2.24, 2.45) is 13.0 Å². The first-order valence-electron chi connectivity index (χ1n) is 6.94. The van der Waals surface area contributed by atoms with Gasteiger partial charge in [-0.25, -0.2) is 0 Å². The van der Waals surface area contributed by atoms with Crippen molar-refractivity contribution < 1.29 is 9.84 Å². The molecule has 112 valence electrons. The molecule has 1 aliphatic heterocycles. The lowest BCUT2D eigenvalue weighted by atomic mass is 10.1. The van der Waals surface area contributed by atoms with Gasteiger partial charge in [0.2, 0.25) is 0 Å². The number of nitrogens with zero attached hydrogens (tertiary/aromatic N) is 5. The van der Waals surface area contributed by atoms with Crippen LogP contribution in [0.5, 0.6) is 5.75 Å². The maximum absolute atomic E-state index is 10.1. The van der Waals surface area contributed by atoms with Crippen LogP contribution in [0.4, 0.5) is 0 Å². The number of rotatable bonds is 6. The van der Waals surface area contributed by atoms with E-state index in [1.165, 1.54) is 0 Å². The first-order chi connectivity index (χ1) is 10.1. The molecule has 1 aromatic rings. The summed E-state index contributed by atoms with van der Waals surface area (Å²) in [4.78, 5) is 2.01. The highest BCUT2D eigenvalue weighted by atomic mass is 16.5. The van der Waals surface area contributed by atoms with Gasteiger partial charge in [-0.2, -0.15) is 15.6 Å². The smallest absolute Gasteiger partial charge is 0.157 e. The zero-order valence-electron chi connectivity index (χ0n) is 12.0. The number of aliphatic hydroxyl groups excluding tert-OH is 1. The van der Waals surface area contributed by atoms with Crippen LogP contribution in [0.15, 0.2) is 12.4 Å². The Balaban J connectivity index is 1.86. The number of aliphatic hydroxyl groups is 1. The minimum atomic E-state index is -0.583. The third-order valence-corrected chi connectivity index (χ3v) is 3.55. The number of hydrogen-bond acceptors (Lipinski definition) is 6. The molecule has 0 aromatic carbocycles. The first kappa shape index (κ1) is 15.3. The zero-order chi connectivity index (χ0) is 15.2. The van der Waals surface area contributed by atoms with E-state index in [-0.39, 0.29) is 12.0 Å². The van der Waals surface area contributed by atoms with Gasteiger partial charge in [0.1, 0.15) is 12.2 Å². The summed E-state index contributed by atoms with van der Waals surface area (Å²) in [5.74, 6) is 0.443. The van der Waals surface area contributed by atoms with Crippen LogP contribution in [0, 0.1) is 28.6 Å². The van der Waals surface area contributed by atoms with E-state index in [1.54, 1.807) is 24.1 Å². The molecule has 0 radical (unpaired) electrons. The topological polar surface area (TPSA) is 98.1 Å². The predicted octanol–water partition coefficient (Wildman–Crippen LogP) is 0.288. The Kier molecular flexibility index (Phi) is 5.15. The number of aromatic nitrogens is 2. The molecule has 1 unspecified atom stereocenters. The highest BCUT2D eigenvalue weighted by molar-refractivity contribution is 5.13. The standard InChI is InChI=1S/C14H19N5O2/c1-18-8-12(6-17-18)21-14-10-19(9-13(14)20)7-11(5-16)3-2-4-15/h6,8,11,13-14,20H,2-3,7,9-10H2,1H3/t11?,13-,14-/m1/s1. The molecule has 7 nitrogen and oxygen atoms in total.